The van der Waals surface area contributed by atoms with E-state index in [4.69, 9.17) is 19.6 Å². The Bertz CT molecular complexity index is 1440. The first-order chi connectivity index (χ1) is 18.4. The highest BCUT2D eigenvalue weighted by atomic mass is 32.2. The summed E-state index contributed by atoms with van der Waals surface area (Å²) in [4.78, 5) is 23.0. The first-order valence-corrected chi connectivity index (χ1v) is 14.9. The smallest absolute Gasteiger partial charge is 0.277 e. The fourth-order valence-electron chi connectivity index (χ4n) is 5.32. The van der Waals surface area contributed by atoms with Gasteiger partial charge in [-0.3, -0.25) is 9.69 Å². The molecule has 206 valence electrons. The van der Waals surface area contributed by atoms with Gasteiger partial charge in [-0.2, -0.15) is 0 Å². The van der Waals surface area contributed by atoms with Crippen molar-refractivity contribution in [3.05, 3.63) is 40.1 Å². The van der Waals surface area contributed by atoms with Crippen molar-refractivity contribution in [2.24, 2.45) is 0 Å². The molecule has 12 heteroatoms. The van der Waals surface area contributed by atoms with Crippen molar-refractivity contribution in [1.82, 2.24) is 29.2 Å². The van der Waals surface area contributed by atoms with Gasteiger partial charge in [-0.05, 0) is 57.9 Å². The number of aromatic amines is 1. The van der Waals surface area contributed by atoms with Crippen LogP contribution in [0.5, 0.6) is 5.75 Å². The number of aromatic nitrogens is 4. The van der Waals surface area contributed by atoms with Crippen LogP contribution in [-0.4, -0.2) is 78.9 Å². The van der Waals surface area contributed by atoms with E-state index < -0.39 is 10.0 Å². The summed E-state index contributed by atoms with van der Waals surface area (Å²) in [6.07, 6.45) is 4.97. The largest absolute Gasteiger partial charge is 0.493 e. The lowest BCUT2D eigenvalue weighted by atomic mass is 10.1. The van der Waals surface area contributed by atoms with E-state index in [1.165, 1.54) is 12.1 Å². The van der Waals surface area contributed by atoms with Crippen LogP contribution in [0.2, 0.25) is 0 Å². The Labute approximate surface area is 222 Å². The standard InChI is InChI=1S/C26H36N6O5S/c1-3-37-22-10-9-20(38(34,35)27-11-6-12-31-13-15-36-16-14-31)17-21(22)24-29-26(33)23-18(2)28-25(32(23)30-24)19-7-4-5-8-19/h9-10,17,19,27H,3-8,11-16H2,1-2H3,(H,29,30,33). The maximum Gasteiger partial charge on any atom is 0.277 e. The second-order valence-corrected chi connectivity index (χ2v) is 11.7. The van der Waals surface area contributed by atoms with E-state index in [2.05, 4.69) is 14.6 Å². The molecule has 0 amide bonds. The monoisotopic (exact) mass is 544 g/mol. The molecule has 1 aliphatic heterocycles. The van der Waals surface area contributed by atoms with E-state index in [1.54, 1.807) is 10.6 Å². The zero-order valence-electron chi connectivity index (χ0n) is 22.0. The second kappa shape index (κ2) is 11.5. The number of nitrogens with one attached hydrogen (secondary N) is 2. The summed E-state index contributed by atoms with van der Waals surface area (Å²) in [5.41, 5.74) is 1.14. The fourth-order valence-corrected chi connectivity index (χ4v) is 6.42. The third kappa shape index (κ3) is 5.63. The molecule has 2 fully saturated rings. The Balaban J connectivity index is 1.44. The average Bonchev–Trinajstić information content (AvgIpc) is 3.56. The van der Waals surface area contributed by atoms with Crippen LogP contribution in [0.25, 0.3) is 16.9 Å². The van der Waals surface area contributed by atoms with E-state index >= 15 is 0 Å². The Kier molecular flexibility index (Phi) is 8.12. The number of aryl methyl sites for hydroxylation is 1. The number of imidazole rings is 1. The lowest BCUT2D eigenvalue weighted by molar-refractivity contribution is 0.0376. The van der Waals surface area contributed by atoms with Gasteiger partial charge in [0.2, 0.25) is 10.0 Å². The molecule has 3 aromatic rings. The normalized spacial score (nSPS) is 17.4. The summed E-state index contributed by atoms with van der Waals surface area (Å²) in [6.45, 7) is 8.32. The molecule has 0 unspecified atom stereocenters. The van der Waals surface area contributed by atoms with Crippen molar-refractivity contribution < 1.29 is 17.9 Å². The van der Waals surface area contributed by atoms with Crippen LogP contribution < -0.4 is 15.0 Å². The van der Waals surface area contributed by atoms with Crippen LogP contribution in [-0.2, 0) is 14.8 Å². The molecule has 0 atom stereocenters. The van der Waals surface area contributed by atoms with Crippen molar-refractivity contribution in [1.29, 1.82) is 0 Å². The molecule has 0 spiro atoms. The molecule has 2 aliphatic rings. The van der Waals surface area contributed by atoms with Crippen molar-refractivity contribution in [3.8, 4) is 17.1 Å². The molecule has 1 saturated heterocycles. The van der Waals surface area contributed by atoms with Crippen LogP contribution in [0.1, 0.15) is 56.5 Å². The summed E-state index contributed by atoms with van der Waals surface area (Å²) in [5.74, 6) is 1.72. The van der Waals surface area contributed by atoms with Crippen LogP contribution >= 0.6 is 0 Å². The number of nitrogens with zero attached hydrogens (tertiary/aromatic N) is 4. The molecule has 1 aliphatic carbocycles. The number of benzene rings is 1. The number of sulfonamides is 1. The summed E-state index contributed by atoms with van der Waals surface area (Å²) in [7, 11) is -3.78. The lowest BCUT2D eigenvalue weighted by Gasteiger charge is -2.26. The zero-order chi connectivity index (χ0) is 26.7. The molecule has 2 N–H and O–H groups in total. The minimum atomic E-state index is -3.78. The number of rotatable bonds is 10. The first-order valence-electron chi connectivity index (χ1n) is 13.4. The van der Waals surface area contributed by atoms with Gasteiger partial charge in [0, 0.05) is 25.6 Å². The third-order valence-corrected chi connectivity index (χ3v) is 8.74. The van der Waals surface area contributed by atoms with Crippen LogP contribution in [0, 0.1) is 6.92 Å². The van der Waals surface area contributed by atoms with Gasteiger partial charge in [-0.25, -0.2) is 22.6 Å². The number of fused-ring (bicyclic) bond motifs is 1. The highest BCUT2D eigenvalue weighted by Gasteiger charge is 2.26. The highest BCUT2D eigenvalue weighted by molar-refractivity contribution is 7.89. The third-order valence-electron chi connectivity index (χ3n) is 7.28. The Morgan fingerprint density at radius 3 is 2.71 bits per heavy atom. The molecule has 38 heavy (non-hydrogen) atoms. The van der Waals surface area contributed by atoms with E-state index in [1.807, 2.05) is 13.8 Å². The quantitative estimate of drug-likeness (QED) is 0.372. The van der Waals surface area contributed by atoms with E-state index in [-0.39, 0.29) is 22.2 Å². The summed E-state index contributed by atoms with van der Waals surface area (Å²) < 4.78 is 41.8. The molecule has 3 heterocycles. The van der Waals surface area contributed by atoms with Gasteiger partial charge in [0.05, 0.1) is 36.0 Å². The number of H-pyrrole nitrogens is 1. The topological polar surface area (TPSA) is 131 Å². The van der Waals surface area contributed by atoms with Crippen molar-refractivity contribution >= 4 is 15.5 Å². The van der Waals surface area contributed by atoms with E-state index in [9.17, 15) is 13.2 Å². The molecule has 0 bridgehead atoms. The molecule has 0 radical (unpaired) electrons. The molecular formula is C26H36N6O5S. The Morgan fingerprint density at radius 2 is 1.97 bits per heavy atom. The van der Waals surface area contributed by atoms with Gasteiger partial charge in [0.1, 0.15) is 11.6 Å². The zero-order valence-corrected chi connectivity index (χ0v) is 22.8. The van der Waals surface area contributed by atoms with Crippen molar-refractivity contribution in [2.45, 2.75) is 56.8 Å². The van der Waals surface area contributed by atoms with Crippen molar-refractivity contribution in [2.75, 3.05) is 46.0 Å². The van der Waals surface area contributed by atoms with Gasteiger partial charge in [0.15, 0.2) is 11.3 Å². The maximum absolute atomic E-state index is 13.2. The van der Waals surface area contributed by atoms with E-state index in [0.29, 0.717) is 55.3 Å². The van der Waals surface area contributed by atoms with Gasteiger partial charge in [-0.15, -0.1) is 5.10 Å². The van der Waals surface area contributed by atoms with Crippen LogP contribution in [0.4, 0.5) is 0 Å². The minimum absolute atomic E-state index is 0.0860. The predicted octanol–water partition coefficient (Wildman–Crippen LogP) is 2.45. The highest BCUT2D eigenvalue weighted by Crippen LogP contribution is 2.35. The Hall–Kier alpha value is -2.80. The summed E-state index contributed by atoms with van der Waals surface area (Å²) >= 11 is 0. The number of morpholine rings is 1. The van der Waals surface area contributed by atoms with E-state index in [0.717, 1.165) is 51.1 Å². The number of hydrogen-bond acceptors (Lipinski definition) is 8. The maximum atomic E-state index is 13.2. The van der Waals surface area contributed by atoms with Crippen molar-refractivity contribution in [3.63, 3.8) is 0 Å². The van der Waals surface area contributed by atoms with Gasteiger partial charge in [-0.1, -0.05) is 12.8 Å². The Morgan fingerprint density at radius 1 is 1.21 bits per heavy atom. The molecule has 11 nitrogen and oxygen atoms in total. The number of hydrogen-bond donors (Lipinski definition) is 2. The predicted molar refractivity (Wildman–Crippen MR) is 143 cm³/mol. The van der Waals surface area contributed by atoms with Gasteiger partial charge >= 0.3 is 0 Å². The minimum Gasteiger partial charge on any atom is -0.493 e. The molecule has 5 rings (SSSR count). The summed E-state index contributed by atoms with van der Waals surface area (Å²) in [5, 5.41) is 4.75. The van der Waals surface area contributed by atoms with Crippen LogP contribution in [0.3, 0.4) is 0 Å². The second-order valence-electron chi connectivity index (χ2n) is 9.90. The first kappa shape index (κ1) is 26.8. The summed E-state index contributed by atoms with van der Waals surface area (Å²) in [6, 6.07) is 4.64. The molecule has 1 aromatic carbocycles. The average molecular weight is 545 g/mol. The lowest BCUT2D eigenvalue weighted by Crippen LogP contribution is -2.38. The molecule has 1 saturated carbocycles. The van der Waals surface area contributed by atoms with Crippen LogP contribution in [0.15, 0.2) is 27.9 Å². The fraction of sp³-hybridized carbons (Fsp3) is 0.577. The molecular weight excluding hydrogens is 508 g/mol. The molecule has 2 aromatic heterocycles. The van der Waals surface area contributed by atoms with Gasteiger partial charge in [0.25, 0.3) is 5.56 Å². The van der Waals surface area contributed by atoms with Gasteiger partial charge < -0.3 is 14.5 Å². The SMILES string of the molecule is CCOc1ccc(S(=O)(=O)NCCCN2CCOCC2)cc1-c1nn2c(C3CCCC3)nc(C)c2c(=O)[nH]1. The number of ether oxygens (including phenoxy) is 2.